The fraction of sp³-hybridized carbons (Fsp3) is 0.538. The predicted molar refractivity (Wildman–Crippen MR) is 64.2 cm³/mol. The molecule has 0 radical (unpaired) electrons. The summed E-state index contributed by atoms with van der Waals surface area (Å²) in [6, 6.07) is 3.18. The van der Waals surface area contributed by atoms with Gasteiger partial charge in [0.05, 0.1) is 0 Å². The third kappa shape index (κ3) is 5.63. The van der Waals surface area contributed by atoms with Crippen LogP contribution in [0, 0.1) is 11.6 Å². The standard InChI is InChI=1S/C13H19F2NO/c1-9(8-16-13(2,3)4)17-12-6-10(14)5-11(15)7-12/h5-7,9,16H,8H2,1-4H3. The van der Waals surface area contributed by atoms with Gasteiger partial charge < -0.3 is 10.1 Å². The highest BCUT2D eigenvalue weighted by molar-refractivity contribution is 5.24. The third-order valence-electron chi connectivity index (χ3n) is 2.09. The Labute approximate surface area is 101 Å². The van der Waals surface area contributed by atoms with Crippen LogP contribution in [0.3, 0.4) is 0 Å². The molecular formula is C13H19F2NO. The van der Waals surface area contributed by atoms with Gasteiger partial charge in [-0.15, -0.1) is 0 Å². The molecule has 17 heavy (non-hydrogen) atoms. The minimum Gasteiger partial charge on any atom is -0.489 e. The van der Waals surface area contributed by atoms with E-state index in [1.54, 1.807) is 0 Å². The minimum atomic E-state index is -0.629. The molecule has 2 nitrogen and oxygen atoms in total. The third-order valence-corrected chi connectivity index (χ3v) is 2.09. The average Bonchev–Trinajstić information content (AvgIpc) is 2.11. The summed E-state index contributed by atoms with van der Waals surface area (Å²) in [5.41, 5.74) is -0.00912. The molecule has 1 aromatic rings. The first kappa shape index (κ1) is 13.9. The molecular weight excluding hydrogens is 224 g/mol. The molecule has 0 bridgehead atoms. The maximum atomic E-state index is 12.9. The van der Waals surface area contributed by atoms with E-state index < -0.39 is 11.6 Å². The molecule has 1 aromatic carbocycles. The van der Waals surface area contributed by atoms with Crippen molar-refractivity contribution in [3.8, 4) is 5.75 Å². The summed E-state index contributed by atoms with van der Waals surface area (Å²) in [7, 11) is 0. The van der Waals surface area contributed by atoms with Gasteiger partial charge in [-0.25, -0.2) is 8.78 Å². The van der Waals surface area contributed by atoms with Gasteiger partial charge in [0.1, 0.15) is 23.5 Å². The lowest BCUT2D eigenvalue weighted by atomic mass is 10.1. The molecule has 1 atom stereocenters. The number of ether oxygens (including phenoxy) is 1. The fourth-order valence-electron chi connectivity index (χ4n) is 1.32. The van der Waals surface area contributed by atoms with Crippen LogP contribution in [-0.4, -0.2) is 18.2 Å². The van der Waals surface area contributed by atoms with Crippen molar-refractivity contribution >= 4 is 0 Å². The number of hydrogen-bond acceptors (Lipinski definition) is 2. The van der Waals surface area contributed by atoms with E-state index in [0.717, 1.165) is 6.07 Å². The second kappa shape index (κ2) is 5.45. The molecule has 0 saturated heterocycles. The van der Waals surface area contributed by atoms with Gasteiger partial charge >= 0.3 is 0 Å². The van der Waals surface area contributed by atoms with E-state index in [9.17, 15) is 8.78 Å². The number of hydrogen-bond donors (Lipinski definition) is 1. The van der Waals surface area contributed by atoms with Crippen molar-refractivity contribution in [1.29, 1.82) is 0 Å². The van der Waals surface area contributed by atoms with Crippen molar-refractivity contribution in [3.05, 3.63) is 29.8 Å². The number of nitrogens with one attached hydrogen (secondary N) is 1. The van der Waals surface area contributed by atoms with Crippen LogP contribution in [0.5, 0.6) is 5.75 Å². The van der Waals surface area contributed by atoms with Gasteiger partial charge in [0.25, 0.3) is 0 Å². The quantitative estimate of drug-likeness (QED) is 0.877. The highest BCUT2D eigenvalue weighted by Crippen LogP contribution is 2.16. The Bertz CT molecular complexity index is 354. The summed E-state index contributed by atoms with van der Waals surface area (Å²) in [5, 5.41) is 3.26. The zero-order chi connectivity index (χ0) is 13.1. The maximum absolute atomic E-state index is 12.9. The Morgan fingerprint density at radius 2 is 1.71 bits per heavy atom. The Hall–Kier alpha value is -1.16. The normalized spacial score (nSPS) is 13.5. The van der Waals surface area contributed by atoms with Gasteiger partial charge in [-0.1, -0.05) is 0 Å². The molecule has 0 spiro atoms. The van der Waals surface area contributed by atoms with Crippen LogP contribution < -0.4 is 10.1 Å². The smallest absolute Gasteiger partial charge is 0.129 e. The number of benzene rings is 1. The van der Waals surface area contributed by atoms with Crippen LogP contribution >= 0.6 is 0 Å². The van der Waals surface area contributed by atoms with Crippen LogP contribution in [0.15, 0.2) is 18.2 Å². The molecule has 1 N–H and O–H groups in total. The van der Waals surface area contributed by atoms with Gasteiger partial charge in [0.15, 0.2) is 0 Å². The SMILES string of the molecule is CC(CNC(C)(C)C)Oc1cc(F)cc(F)c1. The van der Waals surface area contributed by atoms with Gasteiger partial charge in [-0.3, -0.25) is 0 Å². The molecule has 0 aliphatic rings. The van der Waals surface area contributed by atoms with Gasteiger partial charge in [-0.05, 0) is 27.7 Å². The lowest BCUT2D eigenvalue weighted by Crippen LogP contribution is -2.41. The molecule has 0 aromatic heterocycles. The Morgan fingerprint density at radius 1 is 1.18 bits per heavy atom. The molecule has 0 fully saturated rings. The highest BCUT2D eigenvalue weighted by atomic mass is 19.1. The largest absolute Gasteiger partial charge is 0.489 e. The van der Waals surface area contributed by atoms with Crippen molar-refractivity contribution in [2.45, 2.75) is 39.3 Å². The first-order chi connectivity index (χ1) is 7.76. The van der Waals surface area contributed by atoms with Crippen LogP contribution in [0.2, 0.25) is 0 Å². The van der Waals surface area contributed by atoms with E-state index in [2.05, 4.69) is 5.32 Å². The van der Waals surface area contributed by atoms with Crippen molar-refractivity contribution < 1.29 is 13.5 Å². The lowest BCUT2D eigenvalue weighted by molar-refractivity contribution is 0.202. The molecule has 0 amide bonds. The maximum Gasteiger partial charge on any atom is 0.129 e. The Balaban J connectivity index is 2.53. The highest BCUT2D eigenvalue weighted by Gasteiger charge is 2.12. The van der Waals surface area contributed by atoms with E-state index in [1.165, 1.54) is 12.1 Å². The van der Waals surface area contributed by atoms with E-state index in [4.69, 9.17) is 4.74 Å². The summed E-state index contributed by atoms with van der Waals surface area (Å²) in [6.07, 6.45) is -0.157. The molecule has 96 valence electrons. The van der Waals surface area contributed by atoms with Crippen molar-refractivity contribution in [2.24, 2.45) is 0 Å². The summed E-state index contributed by atoms with van der Waals surface area (Å²) in [5.74, 6) is -1.04. The topological polar surface area (TPSA) is 21.3 Å². The zero-order valence-electron chi connectivity index (χ0n) is 10.7. The van der Waals surface area contributed by atoms with Gasteiger partial charge in [0.2, 0.25) is 0 Å². The Kier molecular flexibility index (Phi) is 4.46. The first-order valence-electron chi connectivity index (χ1n) is 5.64. The number of rotatable bonds is 4. The lowest BCUT2D eigenvalue weighted by Gasteiger charge is -2.24. The van der Waals surface area contributed by atoms with Crippen LogP contribution in [-0.2, 0) is 0 Å². The van der Waals surface area contributed by atoms with Gasteiger partial charge in [-0.2, -0.15) is 0 Å². The molecule has 4 heteroatoms. The molecule has 1 rings (SSSR count). The van der Waals surface area contributed by atoms with E-state index in [1.807, 2.05) is 27.7 Å². The fourth-order valence-corrected chi connectivity index (χ4v) is 1.32. The van der Waals surface area contributed by atoms with E-state index >= 15 is 0 Å². The average molecular weight is 243 g/mol. The summed E-state index contributed by atoms with van der Waals surface area (Å²) >= 11 is 0. The Morgan fingerprint density at radius 3 is 2.18 bits per heavy atom. The van der Waals surface area contributed by atoms with Gasteiger partial charge in [0, 0.05) is 30.3 Å². The first-order valence-corrected chi connectivity index (χ1v) is 5.64. The predicted octanol–water partition coefficient (Wildman–Crippen LogP) is 3.12. The molecule has 0 saturated carbocycles. The molecule has 0 heterocycles. The van der Waals surface area contributed by atoms with Crippen molar-refractivity contribution in [1.82, 2.24) is 5.32 Å². The second-order valence-electron chi connectivity index (χ2n) is 5.16. The molecule has 1 unspecified atom stereocenters. The minimum absolute atomic E-state index is 0.00912. The monoisotopic (exact) mass is 243 g/mol. The summed E-state index contributed by atoms with van der Waals surface area (Å²) in [4.78, 5) is 0. The van der Waals surface area contributed by atoms with Crippen LogP contribution in [0.25, 0.3) is 0 Å². The van der Waals surface area contributed by atoms with Crippen molar-refractivity contribution in [3.63, 3.8) is 0 Å². The van der Waals surface area contributed by atoms with E-state index in [-0.39, 0.29) is 17.4 Å². The molecule has 0 aliphatic heterocycles. The van der Waals surface area contributed by atoms with Crippen molar-refractivity contribution in [2.75, 3.05) is 6.54 Å². The number of halogens is 2. The van der Waals surface area contributed by atoms with E-state index in [0.29, 0.717) is 6.54 Å². The zero-order valence-corrected chi connectivity index (χ0v) is 10.7. The summed E-state index contributed by atoms with van der Waals surface area (Å²) in [6.45, 7) is 8.59. The summed E-state index contributed by atoms with van der Waals surface area (Å²) < 4.78 is 31.3. The molecule has 0 aliphatic carbocycles. The second-order valence-corrected chi connectivity index (χ2v) is 5.16. The van der Waals surface area contributed by atoms with Crippen LogP contribution in [0.4, 0.5) is 8.78 Å². The van der Waals surface area contributed by atoms with Crippen LogP contribution in [0.1, 0.15) is 27.7 Å².